The van der Waals surface area contributed by atoms with E-state index < -0.39 is 30.3 Å². The third kappa shape index (κ3) is 5.54. The summed E-state index contributed by atoms with van der Waals surface area (Å²) in [6, 6.07) is 40.6. The van der Waals surface area contributed by atoms with Crippen LogP contribution < -0.4 is 5.32 Å². The number of hydrogen-bond acceptors (Lipinski definition) is 5. The lowest BCUT2D eigenvalue weighted by Gasteiger charge is -2.43. The Bertz CT molecular complexity index is 1410. The summed E-state index contributed by atoms with van der Waals surface area (Å²) in [6.45, 7) is 4.32. The zero-order valence-corrected chi connectivity index (χ0v) is 23.8. The maximum absolute atomic E-state index is 12.2. The first-order valence-electron chi connectivity index (χ1n) is 14.3. The van der Waals surface area contributed by atoms with Gasteiger partial charge in [0.05, 0.1) is 18.8 Å². The highest BCUT2D eigenvalue weighted by Gasteiger charge is 2.44. The molecule has 0 bridgehead atoms. The molecule has 0 spiro atoms. The zero-order chi connectivity index (χ0) is 28.9. The predicted octanol–water partition coefficient (Wildman–Crippen LogP) is 6.29. The van der Waals surface area contributed by atoms with Gasteiger partial charge in [-0.25, -0.2) is 0 Å². The van der Waals surface area contributed by atoms with Gasteiger partial charge in [-0.3, -0.25) is 4.79 Å². The summed E-state index contributed by atoms with van der Waals surface area (Å²) in [5.41, 5.74) is 4.59. The van der Waals surface area contributed by atoms with Crippen LogP contribution in [0.5, 0.6) is 0 Å². The number of rotatable bonds is 9. The minimum Gasteiger partial charge on any atom is -0.358 e. The Morgan fingerprint density at radius 2 is 1.29 bits per heavy atom. The molecule has 2 aliphatic rings. The Kier molecular flexibility index (Phi) is 8.31. The van der Waals surface area contributed by atoms with Gasteiger partial charge < -0.3 is 24.3 Å². The molecule has 6 rings (SSSR count). The van der Waals surface area contributed by atoms with Crippen molar-refractivity contribution >= 4 is 5.91 Å². The summed E-state index contributed by atoms with van der Waals surface area (Å²) in [5, 5.41) is 2.86. The van der Waals surface area contributed by atoms with Crippen LogP contribution in [0.4, 0.5) is 0 Å². The van der Waals surface area contributed by atoms with Crippen LogP contribution in [0, 0.1) is 0 Å². The van der Waals surface area contributed by atoms with Gasteiger partial charge in [-0.2, -0.15) is 0 Å². The maximum Gasteiger partial charge on any atom is 0.253 e. The first-order valence-corrected chi connectivity index (χ1v) is 14.3. The number of nitrogens with one attached hydrogen (secondary N) is 1. The third-order valence-electron chi connectivity index (χ3n) is 7.82. The molecule has 0 unspecified atom stereocenters. The molecule has 2 aliphatic heterocycles. The van der Waals surface area contributed by atoms with Crippen molar-refractivity contribution in [2.45, 2.75) is 44.2 Å². The molecule has 2 saturated heterocycles. The molecule has 1 amide bonds. The van der Waals surface area contributed by atoms with Crippen molar-refractivity contribution in [1.82, 2.24) is 5.32 Å². The Hall–Kier alpha value is -4.07. The second-order valence-electron chi connectivity index (χ2n) is 10.8. The van der Waals surface area contributed by atoms with Crippen molar-refractivity contribution in [3.05, 3.63) is 155 Å². The quantitative estimate of drug-likeness (QED) is 0.148. The number of amides is 1. The molecule has 1 N–H and O–H groups in total. The molecule has 6 nitrogen and oxygen atoms in total. The van der Waals surface area contributed by atoms with Gasteiger partial charge in [-0.15, -0.1) is 0 Å². The minimum absolute atomic E-state index is 0.108. The van der Waals surface area contributed by atoms with Gasteiger partial charge in [-0.1, -0.05) is 127 Å². The SMILES string of the molecule is CC(C)=C1C(=O)N[C@@H]1O[C@@H]1CO[C@H](c2ccccc2)O[C@@H]1COC(c1ccccc1)(c1ccccc1)c1ccccc1. The van der Waals surface area contributed by atoms with Crippen molar-refractivity contribution in [1.29, 1.82) is 0 Å². The molecule has 2 fully saturated rings. The van der Waals surface area contributed by atoms with Crippen LogP contribution in [0.2, 0.25) is 0 Å². The summed E-state index contributed by atoms with van der Waals surface area (Å²) in [7, 11) is 0. The van der Waals surface area contributed by atoms with E-state index in [1.807, 2.05) is 98.8 Å². The lowest BCUT2D eigenvalue weighted by Crippen LogP contribution is -2.58. The number of carbonyl (C=O) groups excluding carboxylic acids is 1. The van der Waals surface area contributed by atoms with E-state index in [0.717, 1.165) is 27.8 Å². The summed E-state index contributed by atoms with van der Waals surface area (Å²) < 4.78 is 26.3. The Labute approximate surface area is 246 Å². The molecular formula is C36H35NO5. The molecule has 214 valence electrons. The van der Waals surface area contributed by atoms with Crippen LogP contribution in [-0.2, 0) is 29.3 Å². The Morgan fingerprint density at radius 1 is 0.786 bits per heavy atom. The van der Waals surface area contributed by atoms with Crippen molar-refractivity contribution in [2.24, 2.45) is 0 Å². The van der Waals surface area contributed by atoms with E-state index in [1.54, 1.807) is 0 Å². The number of benzene rings is 4. The van der Waals surface area contributed by atoms with Crippen molar-refractivity contribution < 1.29 is 23.7 Å². The van der Waals surface area contributed by atoms with Gasteiger partial charge in [0.2, 0.25) is 0 Å². The molecule has 2 heterocycles. The van der Waals surface area contributed by atoms with Crippen LogP contribution in [0.15, 0.2) is 132 Å². The normalized spacial score (nSPS) is 22.2. The van der Waals surface area contributed by atoms with Crippen molar-refractivity contribution in [2.75, 3.05) is 13.2 Å². The fourth-order valence-electron chi connectivity index (χ4n) is 5.69. The van der Waals surface area contributed by atoms with Crippen LogP contribution in [-0.4, -0.2) is 37.6 Å². The molecule has 0 aromatic heterocycles. The molecule has 0 saturated carbocycles. The Balaban J connectivity index is 1.36. The molecule has 4 aromatic rings. The third-order valence-corrected chi connectivity index (χ3v) is 7.82. The lowest BCUT2D eigenvalue weighted by atomic mass is 9.80. The van der Waals surface area contributed by atoms with Crippen LogP contribution in [0.1, 0.15) is 42.4 Å². The molecular weight excluding hydrogens is 526 g/mol. The van der Waals surface area contributed by atoms with Gasteiger partial charge in [0.15, 0.2) is 12.5 Å². The van der Waals surface area contributed by atoms with E-state index >= 15 is 0 Å². The minimum atomic E-state index is -0.909. The highest BCUT2D eigenvalue weighted by atomic mass is 16.7. The van der Waals surface area contributed by atoms with Gasteiger partial charge >= 0.3 is 0 Å². The van der Waals surface area contributed by atoms with Crippen molar-refractivity contribution in [3.63, 3.8) is 0 Å². The van der Waals surface area contributed by atoms with Crippen molar-refractivity contribution in [3.8, 4) is 0 Å². The van der Waals surface area contributed by atoms with E-state index in [0.29, 0.717) is 5.57 Å². The fraction of sp³-hybridized carbons (Fsp3) is 0.250. The van der Waals surface area contributed by atoms with E-state index in [2.05, 4.69) is 41.7 Å². The highest BCUT2D eigenvalue weighted by Crippen LogP contribution is 2.41. The number of hydrogen-bond donors (Lipinski definition) is 1. The van der Waals surface area contributed by atoms with Gasteiger partial charge in [-0.05, 0) is 30.5 Å². The molecule has 4 atom stereocenters. The maximum atomic E-state index is 12.2. The second-order valence-corrected chi connectivity index (χ2v) is 10.8. The monoisotopic (exact) mass is 561 g/mol. The number of carbonyl (C=O) groups is 1. The first-order chi connectivity index (χ1) is 20.6. The summed E-state index contributed by atoms with van der Waals surface area (Å²) in [5.74, 6) is -0.108. The molecule has 42 heavy (non-hydrogen) atoms. The van der Waals surface area contributed by atoms with Crippen LogP contribution >= 0.6 is 0 Å². The molecule has 0 aliphatic carbocycles. The molecule has 6 heteroatoms. The zero-order valence-electron chi connectivity index (χ0n) is 23.8. The first kappa shape index (κ1) is 28.1. The van der Waals surface area contributed by atoms with Gasteiger partial charge in [0.25, 0.3) is 5.91 Å². The second kappa shape index (κ2) is 12.4. The standard InChI is InChI=1S/C36H35NO5/c1-25(2)32-33(38)37-34(32)41-30-23-39-35(26-15-7-3-8-16-26)42-31(30)24-40-36(27-17-9-4-10-18-27,28-19-11-5-12-20-28)29-21-13-6-14-22-29/h3-22,30-31,34-35H,23-24H2,1-2H3,(H,37,38)/t30-,31-,34-,35+/m1/s1. The van der Waals surface area contributed by atoms with E-state index in [-0.39, 0.29) is 19.1 Å². The highest BCUT2D eigenvalue weighted by molar-refractivity contribution is 6.01. The largest absolute Gasteiger partial charge is 0.358 e. The number of β-lactam (4-membered cyclic amide) rings is 1. The molecule has 0 radical (unpaired) electrons. The van der Waals surface area contributed by atoms with Crippen LogP contribution in [0.25, 0.3) is 0 Å². The Morgan fingerprint density at radius 3 is 1.76 bits per heavy atom. The van der Waals surface area contributed by atoms with E-state index in [1.165, 1.54) is 0 Å². The average molecular weight is 562 g/mol. The summed E-state index contributed by atoms with van der Waals surface area (Å²) in [4.78, 5) is 12.2. The van der Waals surface area contributed by atoms with Gasteiger partial charge in [0, 0.05) is 5.56 Å². The van der Waals surface area contributed by atoms with Crippen LogP contribution in [0.3, 0.4) is 0 Å². The van der Waals surface area contributed by atoms with E-state index in [9.17, 15) is 4.79 Å². The fourth-order valence-corrected chi connectivity index (χ4v) is 5.69. The summed E-state index contributed by atoms with van der Waals surface area (Å²) >= 11 is 0. The lowest BCUT2D eigenvalue weighted by molar-refractivity contribution is -0.285. The smallest absolute Gasteiger partial charge is 0.253 e. The van der Waals surface area contributed by atoms with E-state index in [4.69, 9.17) is 18.9 Å². The topological polar surface area (TPSA) is 66.0 Å². The summed E-state index contributed by atoms with van der Waals surface area (Å²) in [6.07, 6.45) is -2.06. The van der Waals surface area contributed by atoms with Gasteiger partial charge in [0.1, 0.15) is 17.8 Å². The number of ether oxygens (including phenoxy) is 4. The predicted molar refractivity (Wildman–Crippen MR) is 160 cm³/mol. The number of allylic oxidation sites excluding steroid dienone is 1. The molecule has 4 aromatic carbocycles. The average Bonchev–Trinajstić information content (AvgIpc) is 3.03.